The van der Waals surface area contributed by atoms with E-state index in [1.165, 1.54) is 142 Å². The fraction of sp³-hybridized carbons (Fsp3) is 0.929. The first-order chi connectivity index (χ1) is 16.0. The Morgan fingerprint density at radius 2 is 0.848 bits per heavy atom. The molecule has 0 aliphatic rings. The minimum absolute atomic E-state index is 0.0463. The van der Waals surface area contributed by atoms with Crippen molar-refractivity contribution in [1.82, 2.24) is 0 Å². The van der Waals surface area contributed by atoms with E-state index in [1.807, 2.05) is 0 Å². The molecule has 33 heavy (non-hydrogen) atoms. The Labute approximate surface area is 216 Å². The van der Waals surface area contributed by atoms with Gasteiger partial charge in [-0.3, -0.25) is 4.79 Å². The number of unbranched alkanes of at least 4 members (excludes halogenated alkanes) is 20. The average Bonchev–Trinajstić information content (AvgIpc) is 2.79. The van der Waals surface area contributed by atoms with Crippen LogP contribution in [0.25, 0.3) is 0 Å². The Morgan fingerprint density at radius 1 is 0.545 bits per heavy atom. The molecule has 0 atom stereocenters. The van der Waals surface area contributed by atoms with E-state index < -0.39 is 27.6 Å². The van der Waals surface area contributed by atoms with Gasteiger partial charge in [-0.05, 0) is 6.92 Å². The third-order valence-electron chi connectivity index (χ3n) is 6.04. The van der Waals surface area contributed by atoms with Crippen molar-refractivity contribution in [1.29, 1.82) is 0 Å². The van der Waals surface area contributed by atoms with Gasteiger partial charge in [0.1, 0.15) is 5.78 Å². The van der Waals surface area contributed by atoms with Gasteiger partial charge in [0.15, 0.2) is 0 Å². The van der Waals surface area contributed by atoms with E-state index in [1.54, 1.807) is 0 Å². The van der Waals surface area contributed by atoms with Crippen molar-refractivity contribution >= 4 is 33.4 Å². The van der Waals surface area contributed by atoms with Crippen LogP contribution in [0.15, 0.2) is 0 Å². The SMILES string of the molecule is CC(=O)CCC(=O)O.CCCCCCCCCCCCCCCCCCCCCC[CH2][Sb]=[O]. The molecule has 0 heterocycles. The average molecular weight is 578 g/mol. The molecule has 0 aromatic carbocycles. The normalized spacial score (nSPS) is 10.5. The molecule has 0 aliphatic heterocycles. The number of carbonyl (C=O) groups excluding carboxylic acids is 1. The van der Waals surface area contributed by atoms with Gasteiger partial charge in [-0.25, -0.2) is 0 Å². The molecule has 0 rings (SSSR count). The van der Waals surface area contributed by atoms with Gasteiger partial charge in [0.05, 0.1) is 6.42 Å². The van der Waals surface area contributed by atoms with Crippen LogP contribution in [0.5, 0.6) is 0 Å². The quantitative estimate of drug-likeness (QED) is 0.0868. The molecule has 1 N–H and O–H groups in total. The molecule has 196 valence electrons. The molecule has 0 radical (unpaired) electrons. The number of Topliss-reactive ketones (excluding diaryl/α,β-unsaturated/α-hetero) is 1. The van der Waals surface area contributed by atoms with Gasteiger partial charge in [0.25, 0.3) is 0 Å². The van der Waals surface area contributed by atoms with Crippen molar-refractivity contribution in [3.05, 3.63) is 0 Å². The van der Waals surface area contributed by atoms with Gasteiger partial charge in [-0.15, -0.1) is 0 Å². The van der Waals surface area contributed by atoms with Gasteiger partial charge in [-0.1, -0.05) is 71.1 Å². The van der Waals surface area contributed by atoms with Crippen LogP contribution in [0.2, 0.25) is 4.37 Å². The van der Waals surface area contributed by atoms with Crippen LogP contribution in [0.4, 0.5) is 0 Å². The fourth-order valence-electron chi connectivity index (χ4n) is 3.89. The van der Waals surface area contributed by atoms with E-state index in [0.717, 1.165) is 4.37 Å². The van der Waals surface area contributed by atoms with Crippen LogP contribution < -0.4 is 0 Å². The molecule has 0 unspecified atom stereocenters. The third kappa shape index (κ3) is 39.3. The molecule has 0 aromatic heterocycles. The fourth-order valence-corrected chi connectivity index (χ4v) is 4.90. The van der Waals surface area contributed by atoms with Gasteiger partial charge < -0.3 is 9.90 Å². The Bertz CT molecular complexity index is 412. The second kappa shape index (κ2) is 31.8. The predicted octanol–water partition coefficient (Wildman–Crippen LogP) is 9.11. The monoisotopic (exact) mass is 576 g/mol. The Hall–Kier alpha value is -0.242. The summed E-state index contributed by atoms with van der Waals surface area (Å²) in [6, 6.07) is 0. The Morgan fingerprint density at radius 3 is 1.06 bits per heavy atom. The summed E-state index contributed by atoms with van der Waals surface area (Å²) in [5.74, 6) is -0.993. The molecular formula is C28H55O4Sb. The third-order valence-corrected chi connectivity index (χ3v) is 7.47. The summed E-state index contributed by atoms with van der Waals surface area (Å²) in [6.45, 7) is 3.67. The number of carboxylic acids is 1. The zero-order valence-electron chi connectivity index (χ0n) is 22.1. The summed E-state index contributed by atoms with van der Waals surface area (Å²) >= 11 is -0.988. The molecule has 0 aliphatic carbocycles. The van der Waals surface area contributed by atoms with Gasteiger partial charge in [0.2, 0.25) is 0 Å². The van der Waals surface area contributed by atoms with E-state index in [9.17, 15) is 12.6 Å². The van der Waals surface area contributed by atoms with Crippen molar-refractivity contribution in [3.63, 3.8) is 0 Å². The molecule has 4 nitrogen and oxygen atoms in total. The predicted molar refractivity (Wildman–Crippen MR) is 141 cm³/mol. The topological polar surface area (TPSA) is 71.4 Å². The van der Waals surface area contributed by atoms with E-state index in [0.29, 0.717) is 0 Å². The van der Waals surface area contributed by atoms with Crippen LogP contribution in [-0.4, -0.2) is 38.5 Å². The summed E-state index contributed by atoms with van der Waals surface area (Å²) in [4.78, 5) is 19.8. The van der Waals surface area contributed by atoms with E-state index in [-0.39, 0.29) is 18.6 Å². The van der Waals surface area contributed by atoms with E-state index >= 15 is 0 Å². The first kappa shape index (κ1) is 34.9. The molecule has 0 saturated heterocycles. The molecule has 0 bridgehead atoms. The second-order valence-electron chi connectivity index (χ2n) is 9.52. The van der Waals surface area contributed by atoms with Gasteiger partial charge in [0, 0.05) is 6.42 Å². The van der Waals surface area contributed by atoms with Crippen LogP contribution >= 0.6 is 0 Å². The summed E-state index contributed by atoms with van der Waals surface area (Å²) in [5, 5.41) is 8.01. The van der Waals surface area contributed by atoms with Gasteiger partial charge in [-0.2, -0.15) is 0 Å². The van der Waals surface area contributed by atoms with Crippen molar-refractivity contribution < 1.29 is 17.7 Å². The second-order valence-corrected chi connectivity index (χ2v) is 11.5. The molecule has 0 spiro atoms. The van der Waals surface area contributed by atoms with Crippen molar-refractivity contribution in [2.45, 2.75) is 166 Å². The number of hydrogen-bond acceptors (Lipinski definition) is 3. The Kier molecular flexibility index (Phi) is 33.6. The van der Waals surface area contributed by atoms with Crippen LogP contribution in [-0.2, 0) is 12.6 Å². The van der Waals surface area contributed by atoms with Crippen LogP contribution in [0, 0.1) is 0 Å². The minimum atomic E-state index is -0.988. The number of carboxylic acid groups (broad SMARTS) is 1. The zero-order chi connectivity index (χ0) is 24.8. The molecule has 0 saturated carbocycles. The first-order valence-electron chi connectivity index (χ1n) is 14.0. The molecule has 0 fully saturated rings. The zero-order valence-corrected chi connectivity index (χ0v) is 24.6. The maximum atomic E-state index is 10.5. The standard InChI is InChI=1S/C23H47.C5H8O3.O.Sb/c1-3-5-7-9-11-13-15-17-19-21-23-22-20-18-16-14-12-10-8-6-4-2;1-4(6)2-3-5(7)8;;/h1,3-23H2,2H3;2-3H2,1H3,(H,7,8);;. The van der Waals surface area contributed by atoms with Crippen molar-refractivity contribution in [2.24, 2.45) is 0 Å². The van der Waals surface area contributed by atoms with Gasteiger partial charge >= 0.3 is 106 Å². The van der Waals surface area contributed by atoms with Crippen molar-refractivity contribution in [2.75, 3.05) is 0 Å². The van der Waals surface area contributed by atoms with Crippen molar-refractivity contribution in [3.8, 4) is 0 Å². The number of hydrogen-bond donors (Lipinski definition) is 1. The van der Waals surface area contributed by atoms with Crippen LogP contribution in [0.1, 0.15) is 162 Å². The van der Waals surface area contributed by atoms with E-state index in [2.05, 4.69) is 6.92 Å². The maximum absolute atomic E-state index is 10.5. The Balaban J connectivity index is 0. The molecular weight excluding hydrogens is 522 g/mol. The number of carbonyl (C=O) groups is 2. The van der Waals surface area contributed by atoms with E-state index in [4.69, 9.17) is 5.11 Å². The first-order valence-corrected chi connectivity index (χ1v) is 16.9. The number of rotatable bonds is 25. The summed E-state index contributed by atoms with van der Waals surface area (Å²) in [6.07, 6.45) is 30.2. The molecule has 0 aromatic rings. The molecule has 0 amide bonds. The molecule has 5 heteroatoms. The van der Waals surface area contributed by atoms with Crippen LogP contribution in [0.3, 0.4) is 0 Å². The number of ketones is 1. The summed E-state index contributed by atoms with van der Waals surface area (Å²) < 4.78 is 11.5. The summed E-state index contributed by atoms with van der Waals surface area (Å²) in [5.41, 5.74) is 0. The summed E-state index contributed by atoms with van der Waals surface area (Å²) in [7, 11) is 0. The number of aliphatic carboxylic acids is 1.